The van der Waals surface area contributed by atoms with Gasteiger partial charge < -0.3 is 4.90 Å². The molecule has 0 amide bonds. The molecule has 3 rings (SSSR count). The fourth-order valence-corrected chi connectivity index (χ4v) is 3.16. The lowest BCUT2D eigenvalue weighted by atomic mass is 10.2. The van der Waals surface area contributed by atoms with E-state index in [9.17, 15) is 0 Å². The Hall–Kier alpha value is -2.02. The summed E-state index contributed by atoms with van der Waals surface area (Å²) < 4.78 is 0. The Morgan fingerprint density at radius 2 is 2.00 bits per heavy atom. The second-order valence-electron chi connectivity index (χ2n) is 5.32. The van der Waals surface area contributed by atoms with Crippen LogP contribution in [0.4, 0.5) is 10.3 Å². The van der Waals surface area contributed by atoms with Crippen LogP contribution in [-0.4, -0.2) is 34.0 Å². The van der Waals surface area contributed by atoms with Crippen LogP contribution in [0.2, 0.25) is 0 Å². The lowest BCUT2D eigenvalue weighted by molar-refractivity contribution is 0.726. The Bertz CT molecular complexity index is 616. The molecule has 7 heteroatoms. The zero-order chi connectivity index (χ0) is 15.2. The molecule has 0 radical (unpaired) electrons. The highest BCUT2D eigenvalue weighted by atomic mass is 32.1. The molecule has 1 fully saturated rings. The first kappa shape index (κ1) is 14.9. The van der Waals surface area contributed by atoms with Gasteiger partial charge in [0.2, 0.25) is 10.3 Å². The predicted molar refractivity (Wildman–Crippen MR) is 90.7 cm³/mol. The summed E-state index contributed by atoms with van der Waals surface area (Å²) in [4.78, 5) is 6.59. The SMILES string of the molecule is C/C(=N\Nc1nnc(N2CCCCCC2)s1)c1ccccn1. The highest BCUT2D eigenvalue weighted by Gasteiger charge is 2.14. The summed E-state index contributed by atoms with van der Waals surface area (Å²) in [6, 6.07) is 5.77. The molecule has 22 heavy (non-hydrogen) atoms. The van der Waals surface area contributed by atoms with Gasteiger partial charge in [-0.15, -0.1) is 10.2 Å². The van der Waals surface area contributed by atoms with Crippen LogP contribution in [0.5, 0.6) is 0 Å². The number of nitrogens with zero attached hydrogens (tertiary/aromatic N) is 5. The molecule has 0 atom stereocenters. The normalized spacial score (nSPS) is 16.4. The van der Waals surface area contributed by atoms with Gasteiger partial charge in [-0.25, -0.2) is 0 Å². The Balaban J connectivity index is 1.64. The van der Waals surface area contributed by atoms with Crippen LogP contribution in [0.1, 0.15) is 38.3 Å². The van der Waals surface area contributed by atoms with Crippen LogP contribution in [-0.2, 0) is 0 Å². The molecule has 0 spiro atoms. The van der Waals surface area contributed by atoms with Crippen molar-refractivity contribution in [2.24, 2.45) is 5.10 Å². The van der Waals surface area contributed by atoms with E-state index in [4.69, 9.17) is 0 Å². The van der Waals surface area contributed by atoms with Gasteiger partial charge in [0.05, 0.1) is 11.4 Å². The van der Waals surface area contributed by atoms with Crippen molar-refractivity contribution < 1.29 is 0 Å². The summed E-state index contributed by atoms with van der Waals surface area (Å²) in [5.74, 6) is 0. The first-order chi connectivity index (χ1) is 10.8. The fourth-order valence-electron chi connectivity index (χ4n) is 2.42. The number of pyridine rings is 1. The Kier molecular flexibility index (Phi) is 4.95. The average Bonchev–Trinajstić information content (AvgIpc) is 2.87. The van der Waals surface area contributed by atoms with Crippen molar-refractivity contribution >= 4 is 27.3 Å². The van der Waals surface area contributed by atoms with Crippen molar-refractivity contribution in [2.45, 2.75) is 32.6 Å². The standard InChI is InChI=1S/C15H20N6S/c1-12(13-8-4-5-9-16-13)17-18-14-19-20-15(22-14)21-10-6-2-3-7-11-21/h4-5,8-9H,2-3,6-7,10-11H2,1H3,(H,18,19)/b17-12+. The molecule has 3 heterocycles. The minimum atomic E-state index is 0.717. The van der Waals surface area contributed by atoms with Crippen molar-refractivity contribution in [2.75, 3.05) is 23.4 Å². The van der Waals surface area contributed by atoms with Crippen LogP contribution in [0, 0.1) is 0 Å². The van der Waals surface area contributed by atoms with Crippen LogP contribution in [0.3, 0.4) is 0 Å². The van der Waals surface area contributed by atoms with E-state index >= 15 is 0 Å². The van der Waals surface area contributed by atoms with E-state index in [1.165, 1.54) is 25.7 Å². The number of hydrazone groups is 1. The smallest absolute Gasteiger partial charge is 0.227 e. The van der Waals surface area contributed by atoms with E-state index in [2.05, 4.69) is 30.6 Å². The molecule has 1 N–H and O–H groups in total. The predicted octanol–water partition coefficient (Wildman–Crippen LogP) is 3.15. The largest absolute Gasteiger partial charge is 0.347 e. The van der Waals surface area contributed by atoms with Gasteiger partial charge in [-0.2, -0.15) is 5.10 Å². The topological polar surface area (TPSA) is 66.3 Å². The molecule has 2 aromatic heterocycles. The molecule has 116 valence electrons. The molecular formula is C15H20N6S. The zero-order valence-corrected chi connectivity index (χ0v) is 13.5. The summed E-state index contributed by atoms with van der Waals surface area (Å²) in [7, 11) is 0. The number of hydrogen-bond acceptors (Lipinski definition) is 7. The summed E-state index contributed by atoms with van der Waals surface area (Å²) in [5, 5.41) is 14.5. The van der Waals surface area contributed by atoms with Gasteiger partial charge in [0.15, 0.2) is 0 Å². The molecule has 1 aliphatic rings. The molecule has 2 aromatic rings. The third-order valence-corrected chi connectivity index (χ3v) is 4.53. The summed E-state index contributed by atoms with van der Waals surface area (Å²) in [6.07, 6.45) is 6.86. The molecule has 6 nitrogen and oxygen atoms in total. The minimum absolute atomic E-state index is 0.717. The van der Waals surface area contributed by atoms with E-state index in [0.29, 0.717) is 0 Å². The molecule has 0 bridgehead atoms. The van der Waals surface area contributed by atoms with Gasteiger partial charge in [-0.1, -0.05) is 30.2 Å². The van der Waals surface area contributed by atoms with Gasteiger partial charge in [-0.05, 0) is 31.9 Å². The van der Waals surface area contributed by atoms with Gasteiger partial charge >= 0.3 is 0 Å². The number of nitrogens with one attached hydrogen (secondary N) is 1. The van der Waals surface area contributed by atoms with Crippen molar-refractivity contribution in [3.05, 3.63) is 30.1 Å². The van der Waals surface area contributed by atoms with Crippen molar-refractivity contribution in [3.8, 4) is 0 Å². The minimum Gasteiger partial charge on any atom is -0.347 e. The second-order valence-corrected chi connectivity index (χ2v) is 6.27. The summed E-state index contributed by atoms with van der Waals surface area (Å²) >= 11 is 1.55. The monoisotopic (exact) mass is 316 g/mol. The molecule has 0 aromatic carbocycles. The quantitative estimate of drug-likeness (QED) is 0.693. The van der Waals surface area contributed by atoms with Crippen LogP contribution >= 0.6 is 11.3 Å². The molecule has 0 unspecified atom stereocenters. The second kappa shape index (κ2) is 7.31. The van der Waals surface area contributed by atoms with Crippen molar-refractivity contribution in [1.29, 1.82) is 0 Å². The van der Waals surface area contributed by atoms with E-state index in [1.807, 2.05) is 25.1 Å². The maximum Gasteiger partial charge on any atom is 0.227 e. The summed E-state index contributed by atoms with van der Waals surface area (Å²) in [6.45, 7) is 4.07. The third kappa shape index (κ3) is 3.79. The maximum atomic E-state index is 4.34. The van der Waals surface area contributed by atoms with Gasteiger partial charge in [0, 0.05) is 19.3 Å². The molecule has 1 aliphatic heterocycles. The van der Waals surface area contributed by atoms with Crippen molar-refractivity contribution in [1.82, 2.24) is 15.2 Å². The number of anilines is 2. The van der Waals surface area contributed by atoms with Gasteiger partial charge in [-0.3, -0.25) is 10.4 Å². The van der Waals surface area contributed by atoms with E-state index in [0.717, 1.165) is 34.8 Å². The van der Waals surface area contributed by atoms with Gasteiger partial charge in [0.1, 0.15) is 0 Å². The van der Waals surface area contributed by atoms with Crippen LogP contribution in [0.15, 0.2) is 29.5 Å². The zero-order valence-electron chi connectivity index (χ0n) is 12.7. The van der Waals surface area contributed by atoms with E-state index in [-0.39, 0.29) is 0 Å². The van der Waals surface area contributed by atoms with Crippen LogP contribution in [0.25, 0.3) is 0 Å². The Labute approximate surface area is 134 Å². The van der Waals surface area contributed by atoms with E-state index in [1.54, 1.807) is 17.5 Å². The van der Waals surface area contributed by atoms with Gasteiger partial charge in [0.25, 0.3) is 0 Å². The first-order valence-electron chi connectivity index (χ1n) is 7.63. The molecule has 1 saturated heterocycles. The first-order valence-corrected chi connectivity index (χ1v) is 8.45. The number of hydrogen-bond donors (Lipinski definition) is 1. The lowest BCUT2D eigenvalue weighted by Gasteiger charge is -2.17. The highest BCUT2D eigenvalue weighted by Crippen LogP contribution is 2.26. The molecular weight excluding hydrogens is 296 g/mol. The Morgan fingerprint density at radius 1 is 1.18 bits per heavy atom. The molecule has 0 saturated carbocycles. The average molecular weight is 316 g/mol. The molecule has 0 aliphatic carbocycles. The van der Waals surface area contributed by atoms with Crippen LogP contribution < -0.4 is 10.3 Å². The lowest BCUT2D eigenvalue weighted by Crippen LogP contribution is -2.23. The highest BCUT2D eigenvalue weighted by molar-refractivity contribution is 7.19. The van der Waals surface area contributed by atoms with Crippen molar-refractivity contribution in [3.63, 3.8) is 0 Å². The maximum absolute atomic E-state index is 4.34. The fraction of sp³-hybridized carbons (Fsp3) is 0.467. The number of aromatic nitrogens is 3. The summed E-state index contributed by atoms with van der Waals surface area (Å²) in [5.41, 5.74) is 4.66. The number of rotatable bonds is 4. The van der Waals surface area contributed by atoms with E-state index < -0.39 is 0 Å². The Morgan fingerprint density at radius 3 is 2.73 bits per heavy atom. The third-order valence-electron chi connectivity index (χ3n) is 3.65.